The van der Waals surface area contributed by atoms with Gasteiger partial charge in [0.25, 0.3) is 0 Å². The molecule has 1 unspecified atom stereocenters. The standard InChI is InChI=1S/C15H21ClFN3O3S/c1-12(16)15(21)18-6-11-24(22,23)20-9-7-19(8-10-20)14-5-3-2-4-13(14)17/h2-5,12H,6-11H2,1H3,(H,18,21). The highest BCUT2D eigenvalue weighted by Gasteiger charge is 2.27. The topological polar surface area (TPSA) is 69.7 Å². The van der Waals surface area contributed by atoms with E-state index in [4.69, 9.17) is 11.6 Å². The summed E-state index contributed by atoms with van der Waals surface area (Å²) in [5.41, 5.74) is 0.484. The number of hydrogen-bond donors (Lipinski definition) is 1. The largest absolute Gasteiger partial charge is 0.367 e. The number of para-hydroxylation sites is 1. The lowest BCUT2D eigenvalue weighted by Crippen LogP contribution is -2.50. The highest BCUT2D eigenvalue weighted by Crippen LogP contribution is 2.20. The minimum atomic E-state index is -3.47. The summed E-state index contributed by atoms with van der Waals surface area (Å²) in [5.74, 6) is -0.884. The molecule has 1 aromatic rings. The van der Waals surface area contributed by atoms with Gasteiger partial charge in [-0.25, -0.2) is 12.8 Å². The van der Waals surface area contributed by atoms with E-state index in [1.807, 2.05) is 4.90 Å². The quantitative estimate of drug-likeness (QED) is 0.751. The van der Waals surface area contributed by atoms with E-state index in [-0.39, 0.29) is 31.2 Å². The van der Waals surface area contributed by atoms with Gasteiger partial charge in [0.05, 0.1) is 11.4 Å². The van der Waals surface area contributed by atoms with Gasteiger partial charge in [-0.3, -0.25) is 4.79 Å². The number of nitrogens with one attached hydrogen (secondary N) is 1. The second kappa shape index (κ2) is 8.13. The van der Waals surface area contributed by atoms with Gasteiger partial charge in [0, 0.05) is 32.7 Å². The summed E-state index contributed by atoms with van der Waals surface area (Å²) in [5, 5.41) is 1.79. The Morgan fingerprint density at radius 3 is 2.50 bits per heavy atom. The van der Waals surface area contributed by atoms with E-state index >= 15 is 0 Å². The molecule has 6 nitrogen and oxygen atoms in total. The molecule has 1 fully saturated rings. The number of sulfonamides is 1. The SMILES string of the molecule is CC(Cl)C(=O)NCCS(=O)(=O)N1CCN(c2ccccc2F)CC1. The molecular formula is C15H21ClFN3O3S. The minimum absolute atomic E-state index is 0.0196. The van der Waals surface area contributed by atoms with Crippen LogP contribution in [0.15, 0.2) is 24.3 Å². The van der Waals surface area contributed by atoms with Crippen molar-refractivity contribution in [1.82, 2.24) is 9.62 Å². The molecule has 24 heavy (non-hydrogen) atoms. The van der Waals surface area contributed by atoms with Crippen molar-refractivity contribution in [2.75, 3.05) is 43.4 Å². The lowest BCUT2D eigenvalue weighted by molar-refractivity contribution is -0.120. The Morgan fingerprint density at radius 1 is 1.29 bits per heavy atom. The molecular weight excluding hydrogens is 357 g/mol. The zero-order valence-electron chi connectivity index (χ0n) is 13.4. The van der Waals surface area contributed by atoms with Gasteiger partial charge >= 0.3 is 0 Å². The van der Waals surface area contributed by atoms with Crippen molar-refractivity contribution in [3.8, 4) is 0 Å². The molecule has 2 rings (SSSR count). The second-order valence-electron chi connectivity index (χ2n) is 5.56. The third-order valence-corrected chi connectivity index (χ3v) is 5.92. The van der Waals surface area contributed by atoms with Crippen molar-refractivity contribution in [2.24, 2.45) is 0 Å². The molecule has 1 heterocycles. The van der Waals surface area contributed by atoms with Crippen LogP contribution in [-0.2, 0) is 14.8 Å². The summed E-state index contributed by atoms with van der Waals surface area (Å²) in [4.78, 5) is 13.2. The van der Waals surface area contributed by atoms with Crippen LogP contribution in [0.3, 0.4) is 0 Å². The number of nitrogens with zero attached hydrogens (tertiary/aromatic N) is 2. The highest BCUT2D eigenvalue weighted by molar-refractivity contribution is 7.89. The molecule has 1 N–H and O–H groups in total. The van der Waals surface area contributed by atoms with E-state index in [2.05, 4.69) is 5.32 Å². The Kier molecular flexibility index (Phi) is 6.42. The van der Waals surface area contributed by atoms with E-state index in [0.717, 1.165) is 0 Å². The fourth-order valence-corrected chi connectivity index (χ4v) is 3.90. The number of alkyl halides is 1. The van der Waals surface area contributed by atoms with Crippen LogP contribution in [0.1, 0.15) is 6.92 Å². The third-order valence-electron chi connectivity index (χ3n) is 3.85. The van der Waals surface area contributed by atoms with Crippen LogP contribution in [0.5, 0.6) is 0 Å². The van der Waals surface area contributed by atoms with Crippen molar-refractivity contribution >= 4 is 33.2 Å². The molecule has 0 aliphatic carbocycles. The molecule has 1 aromatic carbocycles. The number of halogens is 2. The highest BCUT2D eigenvalue weighted by atomic mass is 35.5. The average Bonchev–Trinajstić information content (AvgIpc) is 2.55. The number of benzene rings is 1. The van der Waals surface area contributed by atoms with Crippen molar-refractivity contribution in [3.05, 3.63) is 30.1 Å². The van der Waals surface area contributed by atoms with Crippen LogP contribution in [0.25, 0.3) is 0 Å². The first-order chi connectivity index (χ1) is 11.3. The first-order valence-electron chi connectivity index (χ1n) is 7.70. The van der Waals surface area contributed by atoms with Crippen LogP contribution < -0.4 is 10.2 Å². The Labute approximate surface area is 146 Å². The molecule has 0 bridgehead atoms. The van der Waals surface area contributed by atoms with Crippen LogP contribution in [0.4, 0.5) is 10.1 Å². The molecule has 1 atom stereocenters. The van der Waals surface area contributed by atoms with Crippen LogP contribution in [-0.4, -0.2) is 62.5 Å². The zero-order valence-corrected chi connectivity index (χ0v) is 15.0. The van der Waals surface area contributed by atoms with Crippen LogP contribution >= 0.6 is 11.6 Å². The molecule has 1 amide bonds. The maximum absolute atomic E-state index is 13.8. The monoisotopic (exact) mass is 377 g/mol. The van der Waals surface area contributed by atoms with Gasteiger partial charge in [0.2, 0.25) is 15.9 Å². The fourth-order valence-electron chi connectivity index (χ4n) is 2.49. The molecule has 1 aliphatic heterocycles. The predicted molar refractivity (Wildman–Crippen MR) is 92.3 cm³/mol. The zero-order chi connectivity index (χ0) is 17.7. The summed E-state index contributed by atoms with van der Waals surface area (Å²) in [7, 11) is -3.47. The van der Waals surface area contributed by atoms with E-state index in [1.165, 1.54) is 17.3 Å². The van der Waals surface area contributed by atoms with E-state index in [9.17, 15) is 17.6 Å². The summed E-state index contributed by atoms with van der Waals surface area (Å²) in [6, 6.07) is 6.44. The molecule has 0 aromatic heterocycles. The smallest absolute Gasteiger partial charge is 0.237 e. The van der Waals surface area contributed by atoms with Gasteiger partial charge in [-0.15, -0.1) is 11.6 Å². The number of amides is 1. The lowest BCUT2D eigenvalue weighted by Gasteiger charge is -2.35. The number of carbonyl (C=O) groups is 1. The molecule has 1 saturated heterocycles. The lowest BCUT2D eigenvalue weighted by atomic mass is 10.2. The number of carbonyl (C=O) groups excluding carboxylic acids is 1. The van der Waals surface area contributed by atoms with Crippen molar-refractivity contribution < 1.29 is 17.6 Å². The summed E-state index contributed by atoms with van der Waals surface area (Å²) >= 11 is 5.61. The van der Waals surface area contributed by atoms with Crippen LogP contribution in [0.2, 0.25) is 0 Å². The van der Waals surface area contributed by atoms with Crippen molar-refractivity contribution in [3.63, 3.8) is 0 Å². The van der Waals surface area contributed by atoms with Gasteiger partial charge in [-0.2, -0.15) is 4.31 Å². The van der Waals surface area contributed by atoms with Gasteiger partial charge in [-0.1, -0.05) is 12.1 Å². The normalized spacial score (nSPS) is 17.5. The number of hydrogen-bond acceptors (Lipinski definition) is 4. The van der Waals surface area contributed by atoms with Gasteiger partial charge < -0.3 is 10.2 Å². The molecule has 9 heteroatoms. The Bertz CT molecular complexity index is 676. The molecule has 0 saturated carbocycles. The van der Waals surface area contributed by atoms with Crippen molar-refractivity contribution in [1.29, 1.82) is 0 Å². The predicted octanol–water partition coefficient (Wildman–Crippen LogP) is 1.02. The summed E-state index contributed by atoms with van der Waals surface area (Å²) in [6.45, 7) is 2.96. The van der Waals surface area contributed by atoms with E-state index in [1.54, 1.807) is 18.2 Å². The molecule has 134 valence electrons. The molecule has 0 spiro atoms. The van der Waals surface area contributed by atoms with Gasteiger partial charge in [0.15, 0.2) is 0 Å². The third kappa shape index (κ3) is 4.81. The Hall–Kier alpha value is -1.38. The maximum atomic E-state index is 13.8. The Balaban J connectivity index is 1.87. The maximum Gasteiger partial charge on any atom is 0.237 e. The molecule has 0 radical (unpaired) electrons. The summed E-state index contributed by atoms with van der Waals surface area (Å²) < 4.78 is 39.8. The number of anilines is 1. The summed E-state index contributed by atoms with van der Waals surface area (Å²) in [6.07, 6.45) is 0. The minimum Gasteiger partial charge on any atom is -0.367 e. The fraction of sp³-hybridized carbons (Fsp3) is 0.533. The van der Waals surface area contributed by atoms with Gasteiger partial charge in [0.1, 0.15) is 11.2 Å². The first-order valence-corrected chi connectivity index (χ1v) is 9.75. The number of piperazine rings is 1. The second-order valence-corrected chi connectivity index (χ2v) is 8.30. The van der Waals surface area contributed by atoms with E-state index < -0.39 is 21.3 Å². The number of rotatable bonds is 6. The molecule has 1 aliphatic rings. The average molecular weight is 378 g/mol. The van der Waals surface area contributed by atoms with Crippen molar-refractivity contribution in [2.45, 2.75) is 12.3 Å². The van der Waals surface area contributed by atoms with Crippen LogP contribution in [0, 0.1) is 5.82 Å². The van der Waals surface area contributed by atoms with Gasteiger partial charge in [-0.05, 0) is 19.1 Å². The van der Waals surface area contributed by atoms with E-state index in [0.29, 0.717) is 18.8 Å². The first kappa shape index (κ1) is 19.0. The Morgan fingerprint density at radius 2 is 1.92 bits per heavy atom.